The molecule has 0 aliphatic carbocycles. The number of unbranched alkanes of at least 4 members (excludes halogenated alkanes) is 2. The average molecular weight is 480 g/mol. The Bertz CT molecular complexity index is 802. The summed E-state index contributed by atoms with van der Waals surface area (Å²) in [5.41, 5.74) is 0.409. The highest BCUT2D eigenvalue weighted by molar-refractivity contribution is 7.80. The number of rotatable bonds is 12. The van der Waals surface area contributed by atoms with Gasteiger partial charge in [-0.15, -0.1) is 0 Å². The first-order valence-electron chi connectivity index (χ1n) is 11.3. The Balaban J connectivity index is 1.90. The third-order valence-corrected chi connectivity index (χ3v) is 5.34. The summed E-state index contributed by atoms with van der Waals surface area (Å²) in [7, 11) is 0. The van der Waals surface area contributed by atoms with E-state index in [-0.39, 0.29) is 24.0 Å². The van der Waals surface area contributed by atoms with Crippen LogP contribution in [0.3, 0.4) is 0 Å². The maximum Gasteiger partial charge on any atom is 0.308 e. The zero-order valence-electron chi connectivity index (χ0n) is 19.3. The van der Waals surface area contributed by atoms with Gasteiger partial charge < -0.3 is 24.4 Å². The second-order valence-electron chi connectivity index (χ2n) is 7.46. The fraction of sp³-hybridized carbons (Fsp3) is 0.565. The number of ether oxygens (including phenoxy) is 3. The summed E-state index contributed by atoms with van der Waals surface area (Å²) < 4.78 is 15.9. The molecule has 1 saturated heterocycles. The van der Waals surface area contributed by atoms with Crippen molar-refractivity contribution in [3.05, 3.63) is 29.8 Å². The number of thiocarbonyl (C=S) groups is 1. The first-order chi connectivity index (χ1) is 16.0. The molecule has 9 nitrogen and oxygen atoms in total. The second kappa shape index (κ2) is 14.4. The van der Waals surface area contributed by atoms with Crippen molar-refractivity contribution in [3.8, 4) is 5.75 Å². The molecule has 1 unspecified atom stereocenters. The van der Waals surface area contributed by atoms with Gasteiger partial charge in [0.2, 0.25) is 5.91 Å². The largest absolute Gasteiger partial charge is 0.494 e. The SMILES string of the molecule is CCCCCOc1ccc(C(=O)NC(=S)N2CCNC(=O)C2CC(=O)OCCOCC)cc1. The Kier molecular flexibility index (Phi) is 11.6. The first kappa shape index (κ1) is 26.5. The third kappa shape index (κ3) is 8.97. The minimum absolute atomic E-state index is 0.0851. The Morgan fingerprint density at radius 2 is 1.91 bits per heavy atom. The predicted molar refractivity (Wildman–Crippen MR) is 127 cm³/mol. The van der Waals surface area contributed by atoms with Crippen molar-refractivity contribution in [1.29, 1.82) is 0 Å². The van der Waals surface area contributed by atoms with E-state index in [4.69, 9.17) is 26.4 Å². The quantitative estimate of drug-likeness (QED) is 0.267. The minimum Gasteiger partial charge on any atom is -0.494 e. The summed E-state index contributed by atoms with van der Waals surface area (Å²) >= 11 is 5.38. The van der Waals surface area contributed by atoms with Crippen LogP contribution in [-0.2, 0) is 19.1 Å². The topological polar surface area (TPSA) is 106 Å². The fourth-order valence-electron chi connectivity index (χ4n) is 3.22. The highest BCUT2D eigenvalue weighted by Crippen LogP contribution is 2.14. The molecule has 2 amide bonds. The lowest BCUT2D eigenvalue weighted by atomic mass is 10.1. The van der Waals surface area contributed by atoms with Crippen LogP contribution in [0.2, 0.25) is 0 Å². The Labute approximate surface area is 200 Å². The van der Waals surface area contributed by atoms with Gasteiger partial charge in [-0.3, -0.25) is 19.7 Å². The molecule has 2 N–H and O–H groups in total. The molecule has 1 atom stereocenters. The maximum absolute atomic E-state index is 12.6. The zero-order chi connectivity index (χ0) is 24.1. The number of hydrogen-bond acceptors (Lipinski definition) is 7. The monoisotopic (exact) mass is 479 g/mol. The number of carbonyl (C=O) groups excluding carboxylic acids is 3. The van der Waals surface area contributed by atoms with Crippen molar-refractivity contribution in [2.45, 2.75) is 45.6 Å². The molecule has 0 bridgehead atoms. The van der Waals surface area contributed by atoms with Gasteiger partial charge in [0.1, 0.15) is 18.4 Å². The van der Waals surface area contributed by atoms with Gasteiger partial charge in [0, 0.05) is 25.3 Å². The van der Waals surface area contributed by atoms with Crippen LogP contribution in [0.15, 0.2) is 24.3 Å². The summed E-state index contributed by atoms with van der Waals surface area (Å²) in [4.78, 5) is 38.7. The zero-order valence-corrected chi connectivity index (χ0v) is 20.1. The van der Waals surface area contributed by atoms with Gasteiger partial charge in [0.05, 0.1) is 19.6 Å². The van der Waals surface area contributed by atoms with Crippen molar-refractivity contribution in [1.82, 2.24) is 15.5 Å². The van der Waals surface area contributed by atoms with Crippen molar-refractivity contribution < 1.29 is 28.6 Å². The van der Waals surface area contributed by atoms with Crippen LogP contribution < -0.4 is 15.4 Å². The van der Waals surface area contributed by atoms with Gasteiger partial charge in [-0.2, -0.15) is 0 Å². The van der Waals surface area contributed by atoms with Crippen molar-refractivity contribution >= 4 is 35.1 Å². The standard InChI is InChI=1S/C23H33N3O6S/c1-3-5-6-13-31-18-9-7-17(8-10-18)21(28)25-23(33)26-12-11-24-22(29)19(26)16-20(27)32-15-14-30-4-2/h7-10,19H,3-6,11-16H2,1-2H3,(H,24,29)(H,25,28,33). The van der Waals surface area contributed by atoms with E-state index >= 15 is 0 Å². The molecule has 33 heavy (non-hydrogen) atoms. The van der Waals surface area contributed by atoms with Gasteiger partial charge in [-0.05, 0) is 49.8 Å². The lowest BCUT2D eigenvalue weighted by molar-refractivity contribution is -0.148. The second-order valence-corrected chi connectivity index (χ2v) is 7.85. The Hall–Kier alpha value is -2.72. The van der Waals surface area contributed by atoms with Crippen LogP contribution in [0.1, 0.15) is 49.9 Å². The number of hydrogen-bond donors (Lipinski definition) is 2. The molecule has 1 aromatic carbocycles. The molecule has 1 aliphatic rings. The number of amides is 2. The van der Waals surface area contributed by atoms with Crippen LogP contribution in [0.5, 0.6) is 5.75 Å². The van der Waals surface area contributed by atoms with Crippen LogP contribution >= 0.6 is 12.2 Å². The lowest BCUT2D eigenvalue weighted by Crippen LogP contribution is -2.60. The highest BCUT2D eigenvalue weighted by atomic mass is 32.1. The van der Waals surface area contributed by atoms with E-state index < -0.39 is 17.9 Å². The summed E-state index contributed by atoms with van der Waals surface area (Å²) in [6, 6.07) is 5.93. The molecule has 2 rings (SSSR count). The number of nitrogens with zero attached hydrogens (tertiary/aromatic N) is 1. The van der Waals surface area contributed by atoms with E-state index in [2.05, 4.69) is 17.6 Å². The molecule has 1 fully saturated rings. The summed E-state index contributed by atoms with van der Waals surface area (Å²) in [6.45, 7) is 6.26. The van der Waals surface area contributed by atoms with Gasteiger partial charge in [-0.1, -0.05) is 19.8 Å². The van der Waals surface area contributed by atoms with Crippen LogP contribution in [0.25, 0.3) is 0 Å². The molecule has 182 valence electrons. The molecular weight excluding hydrogens is 446 g/mol. The molecule has 0 radical (unpaired) electrons. The van der Waals surface area contributed by atoms with Crippen molar-refractivity contribution in [2.75, 3.05) is 39.5 Å². The van der Waals surface area contributed by atoms with E-state index in [0.717, 1.165) is 19.3 Å². The number of benzene rings is 1. The minimum atomic E-state index is -0.856. The Morgan fingerprint density at radius 1 is 1.15 bits per heavy atom. The first-order valence-corrected chi connectivity index (χ1v) is 11.7. The predicted octanol–water partition coefficient (Wildman–Crippen LogP) is 2.04. The molecule has 0 aromatic heterocycles. The summed E-state index contributed by atoms with van der Waals surface area (Å²) in [5.74, 6) is -0.586. The molecule has 1 aromatic rings. The lowest BCUT2D eigenvalue weighted by Gasteiger charge is -2.36. The van der Waals surface area contributed by atoms with Crippen LogP contribution in [0, 0.1) is 0 Å². The molecule has 1 heterocycles. The molecule has 1 aliphatic heterocycles. The molecule has 10 heteroatoms. The normalized spacial score (nSPS) is 15.5. The summed E-state index contributed by atoms with van der Waals surface area (Å²) in [6.07, 6.45) is 3.03. The van der Waals surface area contributed by atoms with E-state index in [1.807, 2.05) is 6.92 Å². The molecule has 0 saturated carbocycles. The molecular formula is C23H33N3O6S. The highest BCUT2D eigenvalue weighted by Gasteiger charge is 2.34. The third-order valence-electron chi connectivity index (χ3n) is 5.00. The van der Waals surface area contributed by atoms with E-state index in [1.165, 1.54) is 0 Å². The van der Waals surface area contributed by atoms with Crippen LogP contribution in [0.4, 0.5) is 0 Å². The van der Waals surface area contributed by atoms with E-state index in [9.17, 15) is 14.4 Å². The smallest absolute Gasteiger partial charge is 0.308 e. The number of esters is 1. The van der Waals surface area contributed by atoms with Crippen molar-refractivity contribution in [2.24, 2.45) is 0 Å². The number of carbonyl (C=O) groups is 3. The van der Waals surface area contributed by atoms with Gasteiger partial charge >= 0.3 is 5.97 Å². The van der Waals surface area contributed by atoms with Crippen molar-refractivity contribution in [3.63, 3.8) is 0 Å². The van der Waals surface area contributed by atoms with Gasteiger partial charge in [0.15, 0.2) is 5.11 Å². The summed E-state index contributed by atoms with van der Waals surface area (Å²) in [5, 5.41) is 5.45. The number of piperazine rings is 1. The fourth-order valence-corrected chi connectivity index (χ4v) is 3.53. The van der Waals surface area contributed by atoms with Crippen LogP contribution in [-0.4, -0.2) is 73.4 Å². The van der Waals surface area contributed by atoms with Gasteiger partial charge in [-0.25, -0.2) is 0 Å². The molecule has 0 spiro atoms. The number of nitrogens with one attached hydrogen (secondary N) is 2. The van der Waals surface area contributed by atoms with Gasteiger partial charge in [0.25, 0.3) is 5.91 Å². The Morgan fingerprint density at radius 3 is 2.61 bits per heavy atom. The van der Waals surface area contributed by atoms with E-state index in [1.54, 1.807) is 29.2 Å². The average Bonchev–Trinajstić information content (AvgIpc) is 2.81. The van der Waals surface area contributed by atoms with E-state index in [0.29, 0.717) is 44.2 Å². The maximum atomic E-state index is 12.6.